The summed E-state index contributed by atoms with van der Waals surface area (Å²) < 4.78 is 6.01. The highest BCUT2D eigenvalue weighted by Crippen LogP contribution is 2.25. The second kappa shape index (κ2) is 12.7. The smallest absolute Gasteiger partial charge is 0.228 e. The Morgan fingerprint density at radius 1 is 1.04 bits per heavy atom. The summed E-state index contributed by atoms with van der Waals surface area (Å²) in [5, 5.41) is 0. The SMILES string of the molecule is CC.CC(C)CCCN(C)C(=O)C(C)(C)CCOC(C)(C)CN(C)C. The number of ether oxygens (including phenoxy) is 1. The molecule has 0 heterocycles. The first-order valence-electron chi connectivity index (χ1n) is 9.91. The van der Waals surface area contributed by atoms with Crippen LogP contribution in [0.25, 0.3) is 0 Å². The lowest BCUT2D eigenvalue weighted by molar-refractivity contribution is -0.141. The molecular formula is C21H46N2O2. The summed E-state index contributed by atoms with van der Waals surface area (Å²) in [6, 6.07) is 0. The second-order valence-corrected chi connectivity index (χ2v) is 8.74. The molecule has 0 aliphatic carbocycles. The van der Waals surface area contributed by atoms with Gasteiger partial charge in [-0.3, -0.25) is 4.79 Å². The van der Waals surface area contributed by atoms with Crippen LogP contribution in [-0.2, 0) is 9.53 Å². The molecule has 0 saturated carbocycles. The van der Waals surface area contributed by atoms with Crippen LogP contribution in [-0.4, -0.2) is 62.1 Å². The maximum absolute atomic E-state index is 12.6. The molecular weight excluding hydrogens is 312 g/mol. The van der Waals surface area contributed by atoms with Crippen molar-refractivity contribution in [1.82, 2.24) is 9.80 Å². The molecule has 0 bridgehead atoms. The average molecular weight is 359 g/mol. The quantitative estimate of drug-likeness (QED) is 0.537. The molecule has 0 aliphatic rings. The third kappa shape index (κ3) is 13.3. The summed E-state index contributed by atoms with van der Waals surface area (Å²) in [4.78, 5) is 16.6. The number of hydrogen-bond acceptors (Lipinski definition) is 3. The van der Waals surface area contributed by atoms with Crippen LogP contribution in [0.4, 0.5) is 0 Å². The van der Waals surface area contributed by atoms with E-state index in [-0.39, 0.29) is 16.9 Å². The number of amides is 1. The van der Waals surface area contributed by atoms with E-state index in [1.807, 2.05) is 53.7 Å². The number of hydrogen-bond donors (Lipinski definition) is 0. The van der Waals surface area contributed by atoms with Crippen molar-refractivity contribution < 1.29 is 9.53 Å². The molecule has 0 spiro atoms. The van der Waals surface area contributed by atoms with E-state index in [4.69, 9.17) is 4.74 Å². The van der Waals surface area contributed by atoms with Crippen LogP contribution in [0.3, 0.4) is 0 Å². The number of carbonyl (C=O) groups excluding carboxylic acids is 1. The first-order valence-corrected chi connectivity index (χ1v) is 9.91. The predicted molar refractivity (Wildman–Crippen MR) is 110 cm³/mol. The molecule has 0 atom stereocenters. The fourth-order valence-corrected chi connectivity index (χ4v) is 2.85. The summed E-state index contributed by atoms with van der Waals surface area (Å²) in [7, 11) is 6.01. The van der Waals surface area contributed by atoms with Gasteiger partial charge in [0.25, 0.3) is 0 Å². The fraction of sp³-hybridized carbons (Fsp3) is 0.952. The van der Waals surface area contributed by atoms with Gasteiger partial charge in [0.05, 0.1) is 5.60 Å². The topological polar surface area (TPSA) is 32.8 Å². The van der Waals surface area contributed by atoms with E-state index in [1.165, 1.54) is 6.42 Å². The van der Waals surface area contributed by atoms with Gasteiger partial charge in [-0.05, 0) is 53.1 Å². The molecule has 0 saturated heterocycles. The molecule has 0 aromatic heterocycles. The Kier molecular flexibility index (Phi) is 13.5. The maximum atomic E-state index is 12.6. The Hall–Kier alpha value is -0.610. The zero-order valence-corrected chi connectivity index (χ0v) is 19.0. The van der Waals surface area contributed by atoms with Gasteiger partial charge in [0, 0.05) is 32.2 Å². The summed E-state index contributed by atoms with van der Waals surface area (Å²) in [6.07, 6.45) is 2.99. The largest absolute Gasteiger partial charge is 0.374 e. The third-order valence-electron chi connectivity index (χ3n) is 4.12. The molecule has 0 N–H and O–H groups in total. The molecule has 4 nitrogen and oxygen atoms in total. The second-order valence-electron chi connectivity index (χ2n) is 8.74. The molecule has 0 rings (SSSR count). The van der Waals surface area contributed by atoms with Crippen molar-refractivity contribution in [2.24, 2.45) is 11.3 Å². The summed E-state index contributed by atoms with van der Waals surface area (Å²) in [5.74, 6) is 0.911. The number of nitrogens with zero attached hydrogens (tertiary/aromatic N) is 2. The number of likely N-dealkylation sites (N-methyl/N-ethyl adjacent to an activating group) is 1. The predicted octanol–water partition coefficient (Wildman–Crippen LogP) is 4.68. The van der Waals surface area contributed by atoms with Crippen molar-refractivity contribution in [3.05, 3.63) is 0 Å². The van der Waals surface area contributed by atoms with Crippen molar-refractivity contribution >= 4 is 5.91 Å². The highest BCUT2D eigenvalue weighted by atomic mass is 16.5. The fourth-order valence-electron chi connectivity index (χ4n) is 2.85. The maximum Gasteiger partial charge on any atom is 0.228 e. The van der Waals surface area contributed by atoms with Crippen LogP contribution in [0.2, 0.25) is 0 Å². The van der Waals surface area contributed by atoms with Crippen LogP contribution in [0.15, 0.2) is 0 Å². The molecule has 0 fully saturated rings. The van der Waals surface area contributed by atoms with E-state index in [2.05, 4.69) is 32.6 Å². The van der Waals surface area contributed by atoms with Gasteiger partial charge in [-0.2, -0.15) is 0 Å². The minimum atomic E-state index is -0.374. The third-order valence-corrected chi connectivity index (χ3v) is 4.12. The van der Waals surface area contributed by atoms with Crippen LogP contribution in [0.5, 0.6) is 0 Å². The Bertz CT molecular complexity index is 350. The monoisotopic (exact) mass is 358 g/mol. The molecule has 152 valence electrons. The van der Waals surface area contributed by atoms with E-state index in [0.717, 1.165) is 25.9 Å². The van der Waals surface area contributed by atoms with Crippen LogP contribution in [0.1, 0.15) is 74.7 Å². The van der Waals surface area contributed by atoms with Gasteiger partial charge in [-0.15, -0.1) is 0 Å². The van der Waals surface area contributed by atoms with Gasteiger partial charge < -0.3 is 14.5 Å². The first-order chi connectivity index (χ1) is 11.4. The molecule has 25 heavy (non-hydrogen) atoms. The van der Waals surface area contributed by atoms with Gasteiger partial charge in [0.15, 0.2) is 0 Å². The molecule has 4 heteroatoms. The summed E-state index contributed by atoms with van der Waals surface area (Å²) in [5.41, 5.74) is -0.563. The van der Waals surface area contributed by atoms with Gasteiger partial charge >= 0.3 is 0 Å². The van der Waals surface area contributed by atoms with E-state index in [1.54, 1.807) is 0 Å². The molecule has 1 amide bonds. The lowest BCUT2D eigenvalue weighted by atomic mass is 9.88. The van der Waals surface area contributed by atoms with Crippen molar-refractivity contribution in [1.29, 1.82) is 0 Å². The van der Waals surface area contributed by atoms with Gasteiger partial charge in [0.1, 0.15) is 0 Å². The molecule has 0 aliphatic heterocycles. The minimum Gasteiger partial charge on any atom is -0.374 e. The van der Waals surface area contributed by atoms with Gasteiger partial charge in [0.2, 0.25) is 5.91 Å². The number of carbonyl (C=O) groups is 1. The molecule has 0 aromatic rings. The van der Waals surface area contributed by atoms with Gasteiger partial charge in [-0.1, -0.05) is 41.5 Å². The highest BCUT2D eigenvalue weighted by molar-refractivity contribution is 5.81. The van der Waals surface area contributed by atoms with Crippen molar-refractivity contribution in [2.45, 2.75) is 80.3 Å². The molecule has 0 unspecified atom stereocenters. The molecule has 0 radical (unpaired) electrons. The lowest BCUT2D eigenvalue weighted by Gasteiger charge is -2.32. The summed E-state index contributed by atoms with van der Waals surface area (Å²) >= 11 is 0. The molecule has 0 aromatic carbocycles. The highest BCUT2D eigenvalue weighted by Gasteiger charge is 2.31. The minimum absolute atomic E-state index is 0.189. The Labute approximate surface area is 158 Å². The zero-order valence-electron chi connectivity index (χ0n) is 19.0. The standard InChI is InChI=1S/C19H40N2O2.C2H6/c1-16(2)11-10-13-21(9)17(22)18(3,4)12-14-23-19(5,6)15-20(7)8;1-2/h16H,10-15H2,1-9H3;1-2H3. The van der Waals surface area contributed by atoms with E-state index in [0.29, 0.717) is 12.5 Å². The Morgan fingerprint density at radius 2 is 1.56 bits per heavy atom. The van der Waals surface area contributed by atoms with Crippen LogP contribution < -0.4 is 0 Å². The lowest BCUT2D eigenvalue weighted by Crippen LogP contribution is -2.41. The Morgan fingerprint density at radius 3 is 2.00 bits per heavy atom. The van der Waals surface area contributed by atoms with Crippen LogP contribution in [0, 0.1) is 11.3 Å². The van der Waals surface area contributed by atoms with Crippen molar-refractivity contribution in [3.63, 3.8) is 0 Å². The van der Waals surface area contributed by atoms with Crippen molar-refractivity contribution in [2.75, 3.05) is 40.8 Å². The zero-order chi connectivity index (χ0) is 20.3. The average Bonchev–Trinajstić information content (AvgIpc) is 2.46. The first kappa shape index (κ1) is 26.6. The van der Waals surface area contributed by atoms with E-state index >= 15 is 0 Å². The van der Waals surface area contributed by atoms with E-state index < -0.39 is 0 Å². The van der Waals surface area contributed by atoms with E-state index in [9.17, 15) is 4.79 Å². The Balaban J connectivity index is 0. The van der Waals surface area contributed by atoms with Gasteiger partial charge in [-0.25, -0.2) is 0 Å². The number of rotatable bonds is 11. The van der Waals surface area contributed by atoms with Crippen LogP contribution >= 0.6 is 0 Å². The van der Waals surface area contributed by atoms with Crippen molar-refractivity contribution in [3.8, 4) is 0 Å². The summed E-state index contributed by atoms with van der Waals surface area (Å²) in [6.45, 7) is 19.0. The normalized spacial score (nSPS) is 12.2.